The number of nitrogens with one attached hydrogen (secondary N) is 1. The molecule has 0 spiro atoms. The molecule has 0 aliphatic rings. The Kier molecular flexibility index (Phi) is 4.36. The fourth-order valence-corrected chi connectivity index (χ4v) is 3.17. The minimum absolute atomic E-state index is 0.0538. The van der Waals surface area contributed by atoms with Crippen LogP contribution < -0.4 is 9.46 Å². The van der Waals surface area contributed by atoms with Crippen molar-refractivity contribution in [2.24, 2.45) is 0 Å². The molecule has 108 valence electrons. The fraction of sp³-hybridized carbons (Fsp3) is 0.0714. The summed E-state index contributed by atoms with van der Waals surface area (Å²) >= 11 is 5.84. The van der Waals surface area contributed by atoms with Gasteiger partial charge in [-0.1, -0.05) is 11.6 Å². The molecule has 21 heavy (non-hydrogen) atoms. The second kappa shape index (κ2) is 6.04. The highest BCUT2D eigenvalue weighted by atomic mass is 35.5. The predicted octanol–water partition coefficient (Wildman–Crippen LogP) is 3.02. The second-order valence-corrected chi connectivity index (χ2v) is 6.18. The average Bonchev–Trinajstić information content (AvgIpc) is 2.47. The molecule has 0 saturated heterocycles. The Balaban J connectivity index is 2.38. The van der Waals surface area contributed by atoms with Crippen LogP contribution in [0.2, 0.25) is 5.02 Å². The van der Waals surface area contributed by atoms with Crippen molar-refractivity contribution in [3.05, 3.63) is 53.1 Å². The van der Waals surface area contributed by atoms with Crippen molar-refractivity contribution in [1.82, 2.24) is 0 Å². The van der Waals surface area contributed by atoms with E-state index in [-0.39, 0.29) is 15.7 Å². The molecule has 1 N–H and O–H groups in total. The van der Waals surface area contributed by atoms with Crippen LogP contribution in [0.3, 0.4) is 0 Å². The number of anilines is 1. The van der Waals surface area contributed by atoms with Crippen molar-refractivity contribution in [3.8, 4) is 11.8 Å². The van der Waals surface area contributed by atoms with Gasteiger partial charge >= 0.3 is 0 Å². The lowest BCUT2D eigenvalue weighted by atomic mass is 10.2. The van der Waals surface area contributed by atoms with Crippen LogP contribution >= 0.6 is 11.6 Å². The normalized spacial score (nSPS) is 10.7. The summed E-state index contributed by atoms with van der Waals surface area (Å²) < 4.78 is 32.2. The topological polar surface area (TPSA) is 79.2 Å². The highest BCUT2D eigenvalue weighted by Gasteiger charge is 2.20. The van der Waals surface area contributed by atoms with Crippen LogP contribution in [0.4, 0.5) is 5.69 Å². The standard InChI is InChI=1S/C14H11ClN2O3S/c1-20-13-7-4-11(15)8-14(13)21(18,19)17-12-5-2-10(9-16)3-6-12/h2-8,17H,1H3. The summed E-state index contributed by atoms with van der Waals surface area (Å²) in [5, 5.41) is 9.01. The lowest BCUT2D eigenvalue weighted by Gasteiger charge is -2.12. The Morgan fingerprint density at radius 3 is 2.43 bits per heavy atom. The molecule has 0 aromatic heterocycles. The molecule has 2 rings (SSSR count). The first-order chi connectivity index (χ1) is 9.96. The lowest BCUT2D eigenvalue weighted by molar-refractivity contribution is 0.403. The number of ether oxygens (including phenoxy) is 1. The Labute approximate surface area is 127 Å². The first-order valence-electron chi connectivity index (χ1n) is 5.83. The Bertz CT molecular complexity index is 796. The zero-order chi connectivity index (χ0) is 15.5. The maximum absolute atomic E-state index is 12.4. The van der Waals surface area contributed by atoms with Gasteiger partial charge < -0.3 is 4.74 Å². The van der Waals surface area contributed by atoms with Gasteiger partial charge in [0.05, 0.1) is 18.7 Å². The van der Waals surface area contributed by atoms with E-state index < -0.39 is 10.0 Å². The molecule has 0 atom stereocenters. The number of halogens is 1. The summed E-state index contributed by atoms with van der Waals surface area (Å²) in [4.78, 5) is -0.0538. The molecule has 0 heterocycles. The van der Waals surface area contributed by atoms with Crippen LogP contribution in [0.5, 0.6) is 5.75 Å². The van der Waals surface area contributed by atoms with Gasteiger partial charge in [0.25, 0.3) is 10.0 Å². The van der Waals surface area contributed by atoms with Crippen molar-refractivity contribution >= 4 is 27.3 Å². The van der Waals surface area contributed by atoms with Crippen molar-refractivity contribution in [2.75, 3.05) is 11.8 Å². The van der Waals surface area contributed by atoms with Gasteiger partial charge in [-0.05, 0) is 42.5 Å². The molecule has 0 unspecified atom stereocenters. The summed E-state index contributed by atoms with van der Waals surface area (Å²) in [5.74, 6) is 0.195. The molecular formula is C14H11ClN2O3S. The molecule has 0 radical (unpaired) electrons. The highest BCUT2D eigenvalue weighted by molar-refractivity contribution is 7.92. The summed E-state index contributed by atoms with van der Waals surface area (Å²) in [6, 6.07) is 12.4. The molecular weight excluding hydrogens is 312 g/mol. The molecule has 2 aromatic carbocycles. The van der Waals surface area contributed by atoms with Gasteiger partial charge in [-0.25, -0.2) is 8.42 Å². The van der Waals surface area contributed by atoms with E-state index >= 15 is 0 Å². The van der Waals surface area contributed by atoms with Crippen LogP contribution in [0, 0.1) is 11.3 Å². The van der Waals surface area contributed by atoms with Gasteiger partial charge in [-0.15, -0.1) is 0 Å². The zero-order valence-electron chi connectivity index (χ0n) is 11.0. The largest absolute Gasteiger partial charge is 0.495 e. The van der Waals surface area contributed by atoms with E-state index in [1.807, 2.05) is 6.07 Å². The quantitative estimate of drug-likeness (QED) is 0.938. The van der Waals surface area contributed by atoms with Crippen LogP contribution in [-0.4, -0.2) is 15.5 Å². The third-order valence-corrected chi connectivity index (χ3v) is 4.32. The molecule has 5 nitrogen and oxygen atoms in total. The maximum atomic E-state index is 12.4. The Morgan fingerprint density at radius 1 is 1.19 bits per heavy atom. The van der Waals surface area contributed by atoms with Crippen molar-refractivity contribution in [1.29, 1.82) is 5.26 Å². The fourth-order valence-electron chi connectivity index (χ4n) is 1.68. The first kappa shape index (κ1) is 15.2. The molecule has 0 aliphatic carbocycles. The van der Waals surface area contributed by atoms with Gasteiger partial charge in [-0.2, -0.15) is 5.26 Å². The van der Waals surface area contributed by atoms with Crippen LogP contribution in [0.15, 0.2) is 47.4 Å². The van der Waals surface area contributed by atoms with Gasteiger partial charge in [0.15, 0.2) is 0 Å². The van der Waals surface area contributed by atoms with Crippen molar-refractivity contribution in [2.45, 2.75) is 4.90 Å². The van der Waals surface area contributed by atoms with Crippen LogP contribution in [0.25, 0.3) is 0 Å². The summed E-state index contributed by atoms with van der Waals surface area (Å²) in [5.41, 5.74) is 0.786. The number of nitrogens with zero attached hydrogens (tertiary/aromatic N) is 1. The third-order valence-electron chi connectivity index (χ3n) is 2.68. The Hall–Kier alpha value is -2.23. The SMILES string of the molecule is COc1ccc(Cl)cc1S(=O)(=O)Nc1ccc(C#N)cc1. The summed E-state index contributed by atoms with van der Waals surface area (Å²) in [6.45, 7) is 0. The van der Waals surface area contributed by atoms with Gasteiger partial charge in [0.1, 0.15) is 10.6 Å². The molecule has 7 heteroatoms. The second-order valence-electron chi connectivity index (χ2n) is 4.09. The first-order valence-corrected chi connectivity index (χ1v) is 7.69. The predicted molar refractivity (Wildman–Crippen MR) is 80.0 cm³/mol. The van der Waals surface area contributed by atoms with Crippen LogP contribution in [0.1, 0.15) is 5.56 Å². The van der Waals surface area contributed by atoms with E-state index in [9.17, 15) is 8.42 Å². The number of rotatable bonds is 4. The zero-order valence-corrected chi connectivity index (χ0v) is 12.6. The molecule has 0 amide bonds. The number of nitriles is 1. The van der Waals surface area contributed by atoms with Gasteiger partial charge in [0, 0.05) is 10.7 Å². The number of hydrogen-bond donors (Lipinski definition) is 1. The summed E-state index contributed by atoms with van der Waals surface area (Å²) in [6.07, 6.45) is 0. The average molecular weight is 323 g/mol. The number of methoxy groups -OCH3 is 1. The minimum Gasteiger partial charge on any atom is -0.495 e. The molecule has 2 aromatic rings. The molecule has 0 bridgehead atoms. The van der Waals surface area contributed by atoms with E-state index in [4.69, 9.17) is 21.6 Å². The number of benzene rings is 2. The monoisotopic (exact) mass is 322 g/mol. The molecule has 0 saturated carbocycles. The van der Waals surface area contributed by atoms with E-state index in [1.54, 1.807) is 6.07 Å². The number of hydrogen-bond acceptors (Lipinski definition) is 4. The van der Waals surface area contributed by atoms with E-state index in [0.29, 0.717) is 11.3 Å². The number of sulfonamides is 1. The molecule has 0 aliphatic heterocycles. The van der Waals surface area contributed by atoms with Gasteiger partial charge in [0.2, 0.25) is 0 Å². The maximum Gasteiger partial charge on any atom is 0.265 e. The lowest BCUT2D eigenvalue weighted by Crippen LogP contribution is -2.14. The van der Waals surface area contributed by atoms with E-state index in [2.05, 4.69) is 4.72 Å². The molecule has 0 fully saturated rings. The smallest absolute Gasteiger partial charge is 0.265 e. The van der Waals surface area contributed by atoms with Crippen molar-refractivity contribution in [3.63, 3.8) is 0 Å². The third kappa shape index (κ3) is 3.45. The summed E-state index contributed by atoms with van der Waals surface area (Å²) in [7, 11) is -2.46. The van der Waals surface area contributed by atoms with Crippen molar-refractivity contribution < 1.29 is 13.2 Å². The highest BCUT2D eigenvalue weighted by Crippen LogP contribution is 2.28. The minimum atomic E-state index is -3.84. The van der Waals surface area contributed by atoms with E-state index in [1.165, 1.54) is 43.5 Å². The van der Waals surface area contributed by atoms with E-state index in [0.717, 1.165) is 0 Å². The Morgan fingerprint density at radius 2 is 1.86 bits per heavy atom. The van der Waals surface area contributed by atoms with Gasteiger partial charge in [-0.3, -0.25) is 4.72 Å². The van der Waals surface area contributed by atoms with Crippen LogP contribution in [-0.2, 0) is 10.0 Å².